The van der Waals surface area contributed by atoms with Crippen LogP contribution in [-0.4, -0.2) is 22.6 Å². The molecule has 12 heavy (non-hydrogen) atoms. The summed E-state index contributed by atoms with van der Waals surface area (Å²) in [4.78, 5) is 10.7. The topological polar surface area (TPSA) is 61.1 Å². The minimum Gasteiger partial charge on any atom is -0.481 e. The predicted molar refractivity (Wildman–Crippen MR) is 46.8 cm³/mol. The largest absolute Gasteiger partial charge is 0.481 e. The van der Waals surface area contributed by atoms with Gasteiger partial charge in [0.05, 0.1) is 17.9 Å². The molecule has 66 valence electrons. The van der Waals surface area contributed by atoms with Crippen LogP contribution >= 0.6 is 11.8 Å². The molecular formula is C8H11NO2S. The molecule has 1 saturated heterocycles. The van der Waals surface area contributed by atoms with Gasteiger partial charge in [-0.2, -0.15) is 17.0 Å². The molecule has 2 atom stereocenters. The first kappa shape index (κ1) is 9.40. The molecule has 0 spiro atoms. The quantitative estimate of drug-likeness (QED) is 0.670. The molecule has 1 heterocycles. The maximum absolute atomic E-state index is 10.7. The minimum atomic E-state index is -0.816. The maximum atomic E-state index is 10.7. The molecular weight excluding hydrogens is 174 g/mol. The molecule has 0 aromatic carbocycles. The summed E-state index contributed by atoms with van der Waals surface area (Å²) in [5, 5.41) is 17.5. The van der Waals surface area contributed by atoms with Crippen LogP contribution in [0, 0.1) is 23.2 Å². The van der Waals surface area contributed by atoms with Crippen molar-refractivity contribution < 1.29 is 9.90 Å². The Hall–Kier alpha value is -0.690. The molecule has 0 radical (unpaired) electrons. The van der Waals surface area contributed by atoms with Gasteiger partial charge in [0.25, 0.3) is 0 Å². The molecule has 3 nitrogen and oxygen atoms in total. The van der Waals surface area contributed by atoms with Crippen molar-refractivity contribution in [2.45, 2.75) is 12.8 Å². The molecule has 0 amide bonds. The maximum Gasteiger partial charge on any atom is 0.307 e. The number of hydrogen-bond donors (Lipinski definition) is 1. The lowest BCUT2D eigenvalue weighted by molar-refractivity contribution is -0.143. The highest BCUT2D eigenvalue weighted by Gasteiger charge is 2.29. The molecule has 1 aliphatic rings. The Labute approximate surface area is 75.8 Å². The lowest BCUT2D eigenvalue weighted by atomic mass is 9.89. The van der Waals surface area contributed by atoms with Gasteiger partial charge in [0.1, 0.15) is 0 Å². The highest BCUT2D eigenvalue weighted by atomic mass is 32.2. The third kappa shape index (κ3) is 2.15. The standard InChI is InChI=1S/C8H11NO2S/c9-5-6-1-3-12-4-2-7(6)8(10)11/h6-7H,1-4H2,(H,10,11). The van der Waals surface area contributed by atoms with Gasteiger partial charge in [-0.05, 0) is 24.3 Å². The second kappa shape index (κ2) is 4.36. The summed E-state index contributed by atoms with van der Waals surface area (Å²) < 4.78 is 0. The third-order valence-electron chi connectivity index (χ3n) is 2.12. The van der Waals surface area contributed by atoms with Crippen LogP contribution in [0.2, 0.25) is 0 Å². The summed E-state index contributed by atoms with van der Waals surface area (Å²) in [7, 11) is 0. The van der Waals surface area contributed by atoms with Gasteiger partial charge in [-0.1, -0.05) is 0 Å². The van der Waals surface area contributed by atoms with Gasteiger partial charge in [-0.3, -0.25) is 4.79 Å². The molecule has 0 aromatic heterocycles. The van der Waals surface area contributed by atoms with Gasteiger partial charge >= 0.3 is 5.97 Å². The van der Waals surface area contributed by atoms with E-state index < -0.39 is 11.9 Å². The van der Waals surface area contributed by atoms with E-state index in [0.29, 0.717) is 6.42 Å². The Morgan fingerprint density at radius 3 is 2.75 bits per heavy atom. The number of carbonyl (C=O) groups is 1. The Morgan fingerprint density at radius 2 is 2.17 bits per heavy atom. The molecule has 0 bridgehead atoms. The monoisotopic (exact) mass is 185 g/mol. The molecule has 1 N–H and O–H groups in total. The van der Waals surface area contributed by atoms with E-state index in [1.807, 2.05) is 0 Å². The van der Waals surface area contributed by atoms with Crippen molar-refractivity contribution >= 4 is 17.7 Å². The molecule has 1 aliphatic heterocycles. The molecule has 2 unspecified atom stereocenters. The van der Waals surface area contributed by atoms with Crippen molar-refractivity contribution in [3.8, 4) is 6.07 Å². The van der Waals surface area contributed by atoms with Crippen LogP contribution in [0.15, 0.2) is 0 Å². The summed E-state index contributed by atoms with van der Waals surface area (Å²) in [6, 6.07) is 2.08. The fraction of sp³-hybridized carbons (Fsp3) is 0.750. The van der Waals surface area contributed by atoms with Gasteiger partial charge in [0, 0.05) is 0 Å². The average Bonchev–Trinajstić information content (AvgIpc) is 2.27. The zero-order valence-corrected chi connectivity index (χ0v) is 7.51. The zero-order chi connectivity index (χ0) is 8.97. The number of nitriles is 1. The molecule has 4 heteroatoms. The zero-order valence-electron chi connectivity index (χ0n) is 6.69. The van der Waals surface area contributed by atoms with Crippen molar-refractivity contribution in [3.05, 3.63) is 0 Å². The van der Waals surface area contributed by atoms with Crippen LogP contribution < -0.4 is 0 Å². The summed E-state index contributed by atoms with van der Waals surface area (Å²) in [5.41, 5.74) is 0. The number of thioether (sulfide) groups is 1. The van der Waals surface area contributed by atoms with Crippen molar-refractivity contribution in [1.82, 2.24) is 0 Å². The van der Waals surface area contributed by atoms with E-state index in [1.165, 1.54) is 0 Å². The van der Waals surface area contributed by atoms with Gasteiger partial charge < -0.3 is 5.11 Å². The smallest absolute Gasteiger partial charge is 0.307 e. The van der Waals surface area contributed by atoms with Crippen LogP contribution in [-0.2, 0) is 4.79 Å². The lowest BCUT2D eigenvalue weighted by Crippen LogP contribution is -2.22. The number of aliphatic carboxylic acids is 1. The second-order valence-corrected chi connectivity index (χ2v) is 4.09. The number of hydrogen-bond acceptors (Lipinski definition) is 3. The van der Waals surface area contributed by atoms with Crippen molar-refractivity contribution in [2.24, 2.45) is 11.8 Å². The summed E-state index contributed by atoms with van der Waals surface area (Å²) in [6.45, 7) is 0. The fourth-order valence-electron chi connectivity index (χ4n) is 1.38. The Kier molecular flexibility index (Phi) is 3.42. The number of rotatable bonds is 1. The fourth-order valence-corrected chi connectivity index (χ4v) is 2.42. The summed E-state index contributed by atoms with van der Waals surface area (Å²) >= 11 is 1.74. The van der Waals surface area contributed by atoms with E-state index in [-0.39, 0.29) is 5.92 Å². The van der Waals surface area contributed by atoms with E-state index in [1.54, 1.807) is 11.8 Å². The van der Waals surface area contributed by atoms with Crippen LogP contribution in [0.3, 0.4) is 0 Å². The highest BCUT2D eigenvalue weighted by Crippen LogP contribution is 2.27. The van der Waals surface area contributed by atoms with Crippen LogP contribution in [0.1, 0.15) is 12.8 Å². The normalized spacial score (nSPS) is 30.2. The van der Waals surface area contributed by atoms with E-state index in [0.717, 1.165) is 17.9 Å². The van der Waals surface area contributed by atoms with E-state index >= 15 is 0 Å². The number of carboxylic acids is 1. The number of carboxylic acid groups (broad SMARTS) is 1. The van der Waals surface area contributed by atoms with E-state index in [4.69, 9.17) is 10.4 Å². The first-order chi connectivity index (χ1) is 5.75. The average molecular weight is 185 g/mol. The van der Waals surface area contributed by atoms with Crippen molar-refractivity contribution in [3.63, 3.8) is 0 Å². The Morgan fingerprint density at radius 1 is 1.50 bits per heavy atom. The number of nitrogens with zero attached hydrogens (tertiary/aromatic N) is 1. The van der Waals surface area contributed by atoms with Gasteiger partial charge in [0.2, 0.25) is 0 Å². The first-order valence-corrected chi connectivity index (χ1v) is 5.11. The first-order valence-electron chi connectivity index (χ1n) is 3.96. The van der Waals surface area contributed by atoms with Crippen molar-refractivity contribution in [1.29, 1.82) is 5.26 Å². The Bertz CT molecular complexity index is 212. The third-order valence-corrected chi connectivity index (χ3v) is 3.16. The van der Waals surface area contributed by atoms with Crippen LogP contribution in [0.4, 0.5) is 0 Å². The highest BCUT2D eigenvalue weighted by molar-refractivity contribution is 7.99. The van der Waals surface area contributed by atoms with Crippen LogP contribution in [0.5, 0.6) is 0 Å². The second-order valence-electron chi connectivity index (χ2n) is 2.87. The van der Waals surface area contributed by atoms with E-state index in [9.17, 15) is 4.79 Å². The molecule has 0 aromatic rings. The molecule has 1 fully saturated rings. The van der Waals surface area contributed by atoms with Gasteiger partial charge in [-0.25, -0.2) is 0 Å². The lowest BCUT2D eigenvalue weighted by Gasteiger charge is -2.12. The van der Waals surface area contributed by atoms with Crippen molar-refractivity contribution in [2.75, 3.05) is 11.5 Å². The van der Waals surface area contributed by atoms with E-state index in [2.05, 4.69) is 6.07 Å². The van der Waals surface area contributed by atoms with Crippen LogP contribution in [0.25, 0.3) is 0 Å². The summed E-state index contributed by atoms with van der Waals surface area (Å²) in [6.07, 6.45) is 1.36. The summed E-state index contributed by atoms with van der Waals surface area (Å²) in [5.74, 6) is 0.253. The predicted octanol–water partition coefficient (Wildman–Crippen LogP) is 1.35. The SMILES string of the molecule is N#CC1CCSCCC1C(=O)O. The Balaban J connectivity index is 2.65. The molecule has 1 rings (SSSR count). The van der Waals surface area contributed by atoms with Gasteiger partial charge in [-0.15, -0.1) is 0 Å². The van der Waals surface area contributed by atoms with Gasteiger partial charge in [0.15, 0.2) is 0 Å². The molecule has 0 saturated carbocycles. The minimum absolute atomic E-state index is 0.280. The molecule has 0 aliphatic carbocycles.